The molecule has 0 bridgehead atoms. The third-order valence-electron chi connectivity index (χ3n) is 5.29. The number of carbonyl (C=O) groups excluding carboxylic acids is 1. The molecule has 1 saturated heterocycles. The normalized spacial score (nSPS) is 17.6. The summed E-state index contributed by atoms with van der Waals surface area (Å²) in [5.41, 5.74) is 5.68. The van der Waals surface area contributed by atoms with Crippen LogP contribution in [0.5, 0.6) is 0 Å². The second kappa shape index (κ2) is 6.06. The standard InChI is InChI=1S/C20H24N4O/c1-13-6-7-18-17(9-13)16(14(2)22-18)10-20(25)24-8-4-5-19(24)15-11-21-23(3)12-15/h6-7,9,11-12,19,22H,4-5,8,10H2,1-3H3/t19-/m1/s1. The fourth-order valence-electron chi connectivity index (χ4n) is 4.00. The van der Waals surface area contributed by atoms with E-state index in [4.69, 9.17) is 0 Å². The zero-order valence-corrected chi connectivity index (χ0v) is 15.0. The Morgan fingerprint density at radius 1 is 1.36 bits per heavy atom. The summed E-state index contributed by atoms with van der Waals surface area (Å²) in [5, 5.41) is 5.44. The van der Waals surface area contributed by atoms with E-state index in [2.05, 4.69) is 42.1 Å². The number of aromatic nitrogens is 3. The SMILES string of the molecule is Cc1ccc2[nH]c(C)c(CC(=O)N3CCC[C@@H]3c3cnn(C)c3)c2c1. The molecule has 1 N–H and O–H groups in total. The maximum atomic E-state index is 13.1. The van der Waals surface area contributed by atoms with E-state index in [-0.39, 0.29) is 11.9 Å². The zero-order chi connectivity index (χ0) is 17.6. The fourth-order valence-corrected chi connectivity index (χ4v) is 4.00. The van der Waals surface area contributed by atoms with E-state index in [9.17, 15) is 4.79 Å². The molecule has 3 heterocycles. The lowest BCUT2D eigenvalue weighted by molar-refractivity contribution is -0.131. The van der Waals surface area contributed by atoms with Gasteiger partial charge in [0, 0.05) is 41.9 Å². The van der Waals surface area contributed by atoms with E-state index in [0.29, 0.717) is 6.42 Å². The Balaban J connectivity index is 1.61. The van der Waals surface area contributed by atoms with Crippen LogP contribution >= 0.6 is 0 Å². The molecule has 0 unspecified atom stereocenters. The molecule has 0 radical (unpaired) electrons. The van der Waals surface area contributed by atoms with Crippen molar-refractivity contribution in [2.45, 2.75) is 39.2 Å². The Kier molecular flexibility index (Phi) is 3.86. The third-order valence-corrected chi connectivity index (χ3v) is 5.29. The van der Waals surface area contributed by atoms with Gasteiger partial charge in [-0.15, -0.1) is 0 Å². The number of amides is 1. The number of carbonyl (C=O) groups is 1. The van der Waals surface area contributed by atoms with E-state index < -0.39 is 0 Å². The van der Waals surface area contributed by atoms with Crippen molar-refractivity contribution < 1.29 is 4.79 Å². The smallest absolute Gasteiger partial charge is 0.227 e. The minimum absolute atomic E-state index is 0.161. The second-order valence-corrected chi connectivity index (χ2v) is 7.15. The second-order valence-electron chi connectivity index (χ2n) is 7.15. The number of nitrogens with one attached hydrogen (secondary N) is 1. The van der Waals surface area contributed by atoms with Crippen molar-refractivity contribution in [3.05, 3.63) is 53.0 Å². The summed E-state index contributed by atoms with van der Waals surface area (Å²) in [7, 11) is 1.92. The number of H-pyrrole nitrogens is 1. The summed E-state index contributed by atoms with van der Waals surface area (Å²) in [5.74, 6) is 0.205. The molecule has 0 spiro atoms. The monoisotopic (exact) mass is 336 g/mol. The van der Waals surface area contributed by atoms with Crippen LogP contribution in [0.1, 0.15) is 41.3 Å². The number of benzene rings is 1. The number of likely N-dealkylation sites (tertiary alicyclic amines) is 1. The molecule has 130 valence electrons. The molecule has 1 amide bonds. The van der Waals surface area contributed by atoms with Gasteiger partial charge in [-0.2, -0.15) is 5.10 Å². The third kappa shape index (κ3) is 2.84. The molecule has 4 rings (SSSR count). The van der Waals surface area contributed by atoms with Crippen molar-refractivity contribution in [3.8, 4) is 0 Å². The highest BCUT2D eigenvalue weighted by molar-refractivity contribution is 5.90. The van der Waals surface area contributed by atoms with E-state index in [1.165, 1.54) is 10.9 Å². The van der Waals surface area contributed by atoms with Crippen LogP contribution in [0.25, 0.3) is 10.9 Å². The molecule has 1 fully saturated rings. The van der Waals surface area contributed by atoms with E-state index >= 15 is 0 Å². The molecule has 5 nitrogen and oxygen atoms in total. The molecule has 1 aliphatic rings. The number of aromatic amines is 1. The predicted octanol–water partition coefficient (Wildman–Crippen LogP) is 3.42. The van der Waals surface area contributed by atoms with Gasteiger partial charge in [-0.05, 0) is 44.4 Å². The highest BCUT2D eigenvalue weighted by atomic mass is 16.2. The summed E-state index contributed by atoms with van der Waals surface area (Å²) in [6, 6.07) is 6.53. The summed E-state index contributed by atoms with van der Waals surface area (Å²) in [6.07, 6.45) is 6.43. The van der Waals surface area contributed by atoms with Crippen molar-refractivity contribution in [3.63, 3.8) is 0 Å². The van der Waals surface area contributed by atoms with Crippen LogP contribution in [-0.4, -0.2) is 32.1 Å². The quantitative estimate of drug-likeness (QED) is 0.797. The first-order valence-electron chi connectivity index (χ1n) is 8.89. The van der Waals surface area contributed by atoms with Crippen molar-refractivity contribution in [1.82, 2.24) is 19.7 Å². The van der Waals surface area contributed by atoms with Crippen molar-refractivity contribution in [2.24, 2.45) is 7.05 Å². The van der Waals surface area contributed by atoms with Gasteiger partial charge in [-0.3, -0.25) is 9.48 Å². The first-order valence-corrected chi connectivity index (χ1v) is 8.89. The van der Waals surface area contributed by atoms with Crippen LogP contribution in [0.3, 0.4) is 0 Å². The first kappa shape index (κ1) is 15.9. The van der Waals surface area contributed by atoms with Crippen LogP contribution in [0.4, 0.5) is 0 Å². The lowest BCUT2D eigenvalue weighted by Gasteiger charge is -2.24. The minimum atomic E-state index is 0.161. The molecule has 0 saturated carbocycles. The maximum absolute atomic E-state index is 13.1. The number of aryl methyl sites for hydroxylation is 3. The van der Waals surface area contributed by atoms with Crippen LogP contribution in [-0.2, 0) is 18.3 Å². The van der Waals surface area contributed by atoms with E-state index in [0.717, 1.165) is 41.7 Å². The molecule has 2 aromatic heterocycles. The Morgan fingerprint density at radius 3 is 2.96 bits per heavy atom. The molecule has 1 aliphatic heterocycles. The van der Waals surface area contributed by atoms with Gasteiger partial charge < -0.3 is 9.88 Å². The van der Waals surface area contributed by atoms with E-state index in [1.807, 2.05) is 29.0 Å². The van der Waals surface area contributed by atoms with Crippen molar-refractivity contribution in [1.29, 1.82) is 0 Å². The van der Waals surface area contributed by atoms with Crippen LogP contribution in [0.2, 0.25) is 0 Å². The predicted molar refractivity (Wildman–Crippen MR) is 98.4 cm³/mol. The van der Waals surface area contributed by atoms with Crippen LogP contribution in [0.15, 0.2) is 30.6 Å². The zero-order valence-electron chi connectivity index (χ0n) is 15.0. The Bertz CT molecular complexity index is 936. The Labute approximate surface area is 147 Å². The summed E-state index contributed by atoms with van der Waals surface area (Å²) in [4.78, 5) is 18.5. The minimum Gasteiger partial charge on any atom is -0.358 e. The molecule has 0 aliphatic carbocycles. The van der Waals surface area contributed by atoms with Gasteiger partial charge in [0.1, 0.15) is 0 Å². The van der Waals surface area contributed by atoms with Gasteiger partial charge in [0.25, 0.3) is 0 Å². The summed E-state index contributed by atoms with van der Waals surface area (Å²) < 4.78 is 1.81. The molecular weight excluding hydrogens is 312 g/mol. The maximum Gasteiger partial charge on any atom is 0.227 e. The molecule has 1 aromatic carbocycles. The van der Waals surface area contributed by atoms with Gasteiger partial charge in [0.05, 0.1) is 18.7 Å². The number of hydrogen-bond acceptors (Lipinski definition) is 2. The summed E-state index contributed by atoms with van der Waals surface area (Å²) in [6.45, 7) is 4.98. The molecule has 25 heavy (non-hydrogen) atoms. The topological polar surface area (TPSA) is 53.9 Å². The summed E-state index contributed by atoms with van der Waals surface area (Å²) >= 11 is 0. The largest absolute Gasteiger partial charge is 0.358 e. The van der Waals surface area contributed by atoms with Gasteiger partial charge in [-0.25, -0.2) is 0 Å². The highest BCUT2D eigenvalue weighted by Gasteiger charge is 2.31. The van der Waals surface area contributed by atoms with Crippen molar-refractivity contribution >= 4 is 16.8 Å². The average Bonchev–Trinajstić information content (AvgIpc) is 3.27. The molecular formula is C20H24N4O. The van der Waals surface area contributed by atoms with E-state index in [1.54, 1.807) is 0 Å². The van der Waals surface area contributed by atoms with Crippen LogP contribution in [0, 0.1) is 13.8 Å². The lowest BCUT2D eigenvalue weighted by Crippen LogP contribution is -2.31. The Hall–Kier alpha value is -2.56. The van der Waals surface area contributed by atoms with Gasteiger partial charge in [0.15, 0.2) is 0 Å². The lowest BCUT2D eigenvalue weighted by atomic mass is 10.0. The number of fused-ring (bicyclic) bond motifs is 1. The Morgan fingerprint density at radius 2 is 2.20 bits per heavy atom. The first-order chi connectivity index (χ1) is 12.0. The van der Waals surface area contributed by atoms with Gasteiger partial charge >= 0.3 is 0 Å². The number of nitrogens with zero attached hydrogens (tertiary/aromatic N) is 3. The van der Waals surface area contributed by atoms with Crippen molar-refractivity contribution in [2.75, 3.05) is 6.54 Å². The molecule has 3 aromatic rings. The number of rotatable bonds is 3. The molecule has 1 atom stereocenters. The van der Waals surface area contributed by atoms with Gasteiger partial charge in [0.2, 0.25) is 5.91 Å². The van der Waals surface area contributed by atoms with Crippen LogP contribution < -0.4 is 0 Å². The van der Waals surface area contributed by atoms with Gasteiger partial charge in [-0.1, -0.05) is 11.6 Å². The fraction of sp³-hybridized carbons (Fsp3) is 0.400. The highest BCUT2D eigenvalue weighted by Crippen LogP contribution is 2.33. The molecule has 5 heteroatoms. The average molecular weight is 336 g/mol. The number of hydrogen-bond donors (Lipinski definition) is 1.